The molecule has 0 atom stereocenters. The Kier molecular flexibility index (Phi) is 4.68. The van der Waals surface area contributed by atoms with Gasteiger partial charge in [0.2, 0.25) is 0 Å². The van der Waals surface area contributed by atoms with Crippen molar-refractivity contribution in [3.63, 3.8) is 0 Å². The smallest absolute Gasteiger partial charge is 0.123 e. The highest BCUT2D eigenvalue weighted by atomic mass is 16.5. The minimum absolute atomic E-state index is 0.619. The first-order valence-corrected chi connectivity index (χ1v) is 6.60. The summed E-state index contributed by atoms with van der Waals surface area (Å²) in [5, 5.41) is 9.26. The number of nitrogens with zero attached hydrogens (tertiary/aromatic N) is 2. The van der Waals surface area contributed by atoms with Crippen molar-refractivity contribution in [2.45, 2.75) is 6.54 Å². The normalized spacial score (nSPS) is 9.81. The molecule has 0 saturated carbocycles. The second kappa shape index (κ2) is 6.67. The molecule has 4 heteroatoms. The molecule has 0 N–H and O–H groups in total. The maximum absolute atomic E-state index is 9.26. The number of benzene rings is 2. The summed E-state index contributed by atoms with van der Waals surface area (Å²) < 4.78 is 10.6. The third-order valence-electron chi connectivity index (χ3n) is 3.34. The van der Waals surface area contributed by atoms with Crippen LogP contribution in [0.1, 0.15) is 11.1 Å². The number of rotatable bonds is 5. The average Bonchev–Trinajstić information content (AvgIpc) is 2.54. The van der Waals surface area contributed by atoms with Crippen LogP contribution < -0.4 is 14.4 Å². The third kappa shape index (κ3) is 3.26. The molecule has 0 saturated heterocycles. The summed E-state index contributed by atoms with van der Waals surface area (Å²) in [7, 11) is 5.22. The predicted molar refractivity (Wildman–Crippen MR) is 82.8 cm³/mol. The Morgan fingerprint density at radius 1 is 1.10 bits per heavy atom. The lowest BCUT2D eigenvalue weighted by atomic mass is 10.1. The van der Waals surface area contributed by atoms with Crippen molar-refractivity contribution >= 4 is 5.69 Å². The van der Waals surface area contributed by atoms with E-state index >= 15 is 0 Å². The number of ether oxygens (including phenoxy) is 2. The standard InChI is InChI=1S/C17H18N2O2/c1-19(12-14-6-4-5-7-17(14)21-3)16-10-15(20-2)9-8-13(16)11-18/h4-10H,12H2,1-3H3. The minimum Gasteiger partial charge on any atom is -0.497 e. The lowest BCUT2D eigenvalue weighted by Crippen LogP contribution is -2.18. The van der Waals surface area contributed by atoms with Crippen LogP contribution in [0.3, 0.4) is 0 Å². The lowest BCUT2D eigenvalue weighted by molar-refractivity contribution is 0.409. The average molecular weight is 282 g/mol. The largest absolute Gasteiger partial charge is 0.497 e. The Morgan fingerprint density at radius 3 is 2.52 bits per heavy atom. The molecule has 21 heavy (non-hydrogen) atoms. The maximum atomic E-state index is 9.26. The van der Waals surface area contributed by atoms with Crippen LogP contribution in [0.2, 0.25) is 0 Å². The molecule has 0 heterocycles. The van der Waals surface area contributed by atoms with Gasteiger partial charge in [-0.15, -0.1) is 0 Å². The van der Waals surface area contributed by atoms with Crippen LogP contribution in [-0.4, -0.2) is 21.3 Å². The van der Waals surface area contributed by atoms with Crippen LogP contribution in [0.15, 0.2) is 42.5 Å². The van der Waals surface area contributed by atoms with Crippen LogP contribution in [-0.2, 0) is 6.54 Å². The first-order valence-electron chi connectivity index (χ1n) is 6.60. The van der Waals surface area contributed by atoms with Gasteiger partial charge in [0.15, 0.2) is 0 Å². The van der Waals surface area contributed by atoms with Crippen LogP contribution in [0.4, 0.5) is 5.69 Å². The molecule has 0 aliphatic rings. The summed E-state index contributed by atoms with van der Waals surface area (Å²) >= 11 is 0. The van der Waals surface area contributed by atoms with Crippen molar-refractivity contribution in [1.29, 1.82) is 5.26 Å². The SMILES string of the molecule is COc1ccc(C#N)c(N(C)Cc2ccccc2OC)c1. The fourth-order valence-corrected chi connectivity index (χ4v) is 2.22. The summed E-state index contributed by atoms with van der Waals surface area (Å²) in [5.41, 5.74) is 2.52. The fourth-order valence-electron chi connectivity index (χ4n) is 2.22. The number of hydrogen-bond donors (Lipinski definition) is 0. The fraction of sp³-hybridized carbons (Fsp3) is 0.235. The zero-order valence-electron chi connectivity index (χ0n) is 12.5. The zero-order chi connectivity index (χ0) is 15.2. The summed E-state index contributed by atoms with van der Waals surface area (Å²) in [6, 6.07) is 15.5. The van der Waals surface area contributed by atoms with E-state index < -0.39 is 0 Å². The Labute approximate surface area is 125 Å². The van der Waals surface area contributed by atoms with Gasteiger partial charge in [0.25, 0.3) is 0 Å². The molecule has 0 aliphatic carbocycles. The molecule has 0 spiro atoms. The molecule has 0 fully saturated rings. The Bertz CT molecular complexity index is 662. The first kappa shape index (κ1) is 14.7. The van der Waals surface area contributed by atoms with E-state index in [1.165, 1.54) is 0 Å². The van der Waals surface area contributed by atoms with Crippen LogP contribution in [0, 0.1) is 11.3 Å². The van der Waals surface area contributed by atoms with Gasteiger partial charge in [-0.2, -0.15) is 5.26 Å². The Hall–Kier alpha value is -2.67. The van der Waals surface area contributed by atoms with Crippen LogP contribution in [0.25, 0.3) is 0 Å². The topological polar surface area (TPSA) is 45.5 Å². The van der Waals surface area contributed by atoms with E-state index in [0.717, 1.165) is 22.7 Å². The van der Waals surface area contributed by atoms with Crippen molar-refractivity contribution in [3.05, 3.63) is 53.6 Å². The zero-order valence-corrected chi connectivity index (χ0v) is 12.5. The van der Waals surface area contributed by atoms with Gasteiger partial charge in [0.05, 0.1) is 25.5 Å². The van der Waals surface area contributed by atoms with E-state index in [1.807, 2.05) is 42.3 Å². The highest BCUT2D eigenvalue weighted by molar-refractivity contribution is 5.62. The number of nitriles is 1. The number of methoxy groups -OCH3 is 2. The highest BCUT2D eigenvalue weighted by Gasteiger charge is 2.11. The van der Waals surface area contributed by atoms with E-state index in [2.05, 4.69) is 6.07 Å². The van der Waals surface area contributed by atoms with Crippen molar-refractivity contribution in [2.24, 2.45) is 0 Å². The summed E-state index contributed by atoms with van der Waals surface area (Å²) in [5.74, 6) is 1.57. The molecule has 0 aliphatic heterocycles. The van der Waals surface area contributed by atoms with Crippen molar-refractivity contribution in [2.75, 3.05) is 26.2 Å². The van der Waals surface area contributed by atoms with E-state index in [9.17, 15) is 5.26 Å². The van der Waals surface area contributed by atoms with Gasteiger partial charge in [-0.1, -0.05) is 18.2 Å². The third-order valence-corrected chi connectivity index (χ3v) is 3.34. The monoisotopic (exact) mass is 282 g/mol. The van der Waals surface area contributed by atoms with Crippen LogP contribution >= 0.6 is 0 Å². The van der Waals surface area contributed by atoms with Gasteiger partial charge in [0, 0.05) is 25.2 Å². The van der Waals surface area contributed by atoms with Crippen molar-refractivity contribution in [1.82, 2.24) is 0 Å². The van der Waals surface area contributed by atoms with Gasteiger partial charge >= 0.3 is 0 Å². The lowest BCUT2D eigenvalue weighted by Gasteiger charge is -2.22. The minimum atomic E-state index is 0.619. The molecule has 2 rings (SSSR count). The molecule has 0 bridgehead atoms. The summed E-state index contributed by atoms with van der Waals surface area (Å²) in [6.07, 6.45) is 0. The number of para-hydroxylation sites is 1. The molecule has 2 aromatic rings. The predicted octanol–water partition coefficient (Wildman–Crippen LogP) is 3.21. The quantitative estimate of drug-likeness (QED) is 0.844. The Morgan fingerprint density at radius 2 is 1.86 bits per heavy atom. The Balaban J connectivity index is 2.32. The molecule has 0 aromatic heterocycles. The van der Waals surface area contributed by atoms with Crippen molar-refractivity contribution in [3.8, 4) is 17.6 Å². The van der Waals surface area contributed by atoms with Gasteiger partial charge in [-0.3, -0.25) is 0 Å². The van der Waals surface area contributed by atoms with Crippen LogP contribution in [0.5, 0.6) is 11.5 Å². The van der Waals surface area contributed by atoms with E-state index in [1.54, 1.807) is 26.4 Å². The van der Waals surface area contributed by atoms with E-state index in [4.69, 9.17) is 9.47 Å². The number of hydrogen-bond acceptors (Lipinski definition) is 4. The van der Waals surface area contributed by atoms with Gasteiger partial charge in [-0.05, 0) is 18.2 Å². The molecular formula is C17H18N2O2. The summed E-state index contributed by atoms with van der Waals surface area (Å²) in [6.45, 7) is 0.645. The van der Waals surface area contributed by atoms with Gasteiger partial charge in [0.1, 0.15) is 17.6 Å². The van der Waals surface area contributed by atoms with Crippen molar-refractivity contribution < 1.29 is 9.47 Å². The second-order valence-corrected chi connectivity index (χ2v) is 4.66. The number of anilines is 1. The molecular weight excluding hydrogens is 264 g/mol. The summed E-state index contributed by atoms with van der Waals surface area (Å²) in [4.78, 5) is 2.01. The molecule has 2 aromatic carbocycles. The molecule has 0 amide bonds. The molecule has 0 unspecified atom stereocenters. The second-order valence-electron chi connectivity index (χ2n) is 4.66. The molecule has 0 radical (unpaired) electrons. The van der Waals surface area contributed by atoms with Gasteiger partial charge in [-0.25, -0.2) is 0 Å². The maximum Gasteiger partial charge on any atom is 0.123 e. The molecule has 108 valence electrons. The highest BCUT2D eigenvalue weighted by Crippen LogP contribution is 2.27. The van der Waals surface area contributed by atoms with E-state index in [-0.39, 0.29) is 0 Å². The first-order chi connectivity index (χ1) is 10.2. The van der Waals surface area contributed by atoms with Gasteiger partial charge < -0.3 is 14.4 Å². The molecule has 4 nitrogen and oxygen atoms in total. The van der Waals surface area contributed by atoms with E-state index in [0.29, 0.717) is 12.1 Å².